The second-order valence-electron chi connectivity index (χ2n) is 7.55. The van der Waals surface area contributed by atoms with Crippen LogP contribution in [-0.4, -0.2) is 12.0 Å². The van der Waals surface area contributed by atoms with Gasteiger partial charge in [0.05, 0.1) is 6.04 Å². The molecule has 1 N–H and O–H groups in total. The zero-order valence-corrected chi connectivity index (χ0v) is 15.5. The van der Waals surface area contributed by atoms with Crippen LogP contribution in [0.25, 0.3) is 0 Å². The van der Waals surface area contributed by atoms with Gasteiger partial charge in [-0.15, -0.1) is 0 Å². The molecule has 0 saturated carbocycles. The first-order valence-electron chi connectivity index (χ1n) is 9.87. The molecule has 2 aliphatic carbocycles. The Morgan fingerprint density at radius 3 is 2.65 bits per heavy atom. The van der Waals surface area contributed by atoms with Crippen molar-refractivity contribution in [3.05, 3.63) is 64.7 Å². The molecule has 136 valence electrons. The van der Waals surface area contributed by atoms with Crippen molar-refractivity contribution < 1.29 is 9.53 Å². The molecule has 0 aromatic heterocycles. The number of amides is 1. The molecule has 2 aromatic rings. The van der Waals surface area contributed by atoms with Crippen molar-refractivity contribution in [2.75, 3.05) is 0 Å². The summed E-state index contributed by atoms with van der Waals surface area (Å²) in [6, 6.07) is 14.8. The molecule has 0 radical (unpaired) electrons. The predicted molar refractivity (Wildman–Crippen MR) is 103 cm³/mol. The Hall–Kier alpha value is -2.29. The maximum absolute atomic E-state index is 12.7. The fraction of sp³-hybridized carbons (Fsp3) is 0.435. The Morgan fingerprint density at radius 2 is 1.77 bits per heavy atom. The van der Waals surface area contributed by atoms with Crippen LogP contribution in [0.3, 0.4) is 0 Å². The highest BCUT2D eigenvalue weighted by Gasteiger charge is 2.24. The third-order valence-electron chi connectivity index (χ3n) is 5.69. The van der Waals surface area contributed by atoms with Gasteiger partial charge in [-0.3, -0.25) is 4.79 Å². The second kappa shape index (κ2) is 7.53. The van der Waals surface area contributed by atoms with Crippen LogP contribution < -0.4 is 10.1 Å². The highest BCUT2D eigenvalue weighted by Crippen LogP contribution is 2.30. The molecule has 2 aliphatic rings. The van der Waals surface area contributed by atoms with Gasteiger partial charge in [-0.25, -0.2) is 0 Å². The van der Waals surface area contributed by atoms with E-state index in [1.54, 1.807) is 0 Å². The number of hydrogen-bond donors (Lipinski definition) is 1. The second-order valence-corrected chi connectivity index (χ2v) is 7.55. The van der Waals surface area contributed by atoms with Crippen molar-refractivity contribution >= 4 is 5.91 Å². The van der Waals surface area contributed by atoms with Gasteiger partial charge in [0, 0.05) is 0 Å². The van der Waals surface area contributed by atoms with E-state index < -0.39 is 6.10 Å². The molecule has 0 bridgehead atoms. The number of carbonyl (C=O) groups excluding carboxylic acids is 1. The monoisotopic (exact) mass is 349 g/mol. The summed E-state index contributed by atoms with van der Waals surface area (Å²) in [4.78, 5) is 12.7. The lowest BCUT2D eigenvalue weighted by Gasteiger charge is -2.27. The Balaban J connectivity index is 1.41. The van der Waals surface area contributed by atoms with Crippen LogP contribution in [0, 0.1) is 0 Å². The van der Waals surface area contributed by atoms with Gasteiger partial charge in [0.15, 0.2) is 6.10 Å². The van der Waals surface area contributed by atoms with Crippen molar-refractivity contribution in [2.24, 2.45) is 0 Å². The van der Waals surface area contributed by atoms with Gasteiger partial charge >= 0.3 is 0 Å². The third-order valence-corrected chi connectivity index (χ3v) is 5.69. The Bertz CT molecular complexity index is 799. The van der Waals surface area contributed by atoms with E-state index in [1.807, 2.05) is 13.0 Å². The van der Waals surface area contributed by atoms with E-state index in [4.69, 9.17) is 4.74 Å². The van der Waals surface area contributed by atoms with E-state index in [1.165, 1.54) is 35.1 Å². The smallest absolute Gasteiger partial charge is 0.261 e. The highest BCUT2D eigenvalue weighted by atomic mass is 16.5. The minimum atomic E-state index is -0.495. The summed E-state index contributed by atoms with van der Waals surface area (Å²) in [6.07, 6.45) is 7.51. The topological polar surface area (TPSA) is 38.3 Å². The average Bonchev–Trinajstić information content (AvgIpc) is 2.68. The molecule has 26 heavy (non-hydrogen) atoms. The largest absolute Gasteiger partial charge is 0.481 e. The number of fused-ring (bicyclic) bond motifs is 2. The van der Waals surface area contributed by atoms with E-state index in [-0.39, 0.29) is 11.9 Å². The van der Waals surface area contributed by atoms with Gasteiger partial charge in [0.25, 0.3) is 5.91 Å². The lowest BCUT2D eigenvalue weighted by molar-refractivity contribution is -0.128. The summed E-state index contributed by atoms with van der Waals surface area (Å²) in [5.74, 6) is 0.766. The third kappa shape index (κ3) is 3.62. The minimum Gasteiger partial charge on any atom is -0.481 e. The number of hydrogen-bond acceptors (Lipinski definition) is 2. The van der Waals surface area contributed by atoms with Crippen LogP contribution in [0.15, 0.2) is 42.5 Å². The SMILES string of the molecule is C[C@@H](Oc1ccc2c(c1)CCCC2)C(=O)N[C@@H]1CCCc2ccccc21. The summed E-state index contributed by atoms with van der Waals surface area (Å²) in [5.41, 5.74) is 5.42. The number of ether oxygens (including phenoxy) is 1. The van der Waals surface area contributed by atoms with Gasteiger partial charge in [0.2, 0.25) is 0 Å². The molecule has 0 saturated heterocycles. The number of benzene rings is 2. The van der Waals surface area contributed by atoms with E-state index in [2.05, 4.69) is 41.7 Å². The first-order valence-corrected chi connectivity index (χ1v) is 9.87. The molecule has 1 amide bonds. The molecule has 2 atom stereocenters. The normalized spacial score (nSPS) is 19.8. The summed E-state index contributed by atoms with van der Waals surface area (Å²) in [5, 5.41) is 3.19. The van der Waals surface area contributed by atoms with Crippen molar-refractivity contribution in [3.63, 3.8) is 0 Å². The van der Waals surface area contributed by atoms with Gasteiger partial charge in [-0.05, 0) is 86.3 Å². The van der Waals surface area contributed by atoms with Gasteiger partial charge in [-0.1, -0.05) is 30.3 Å². The fourth-order valence-corrected chi connectivity index (χ4v) is 4.23. The average molecular weight is 349 g/mol. The van der Waals surface area contributed by atoms with Crippen LogP contribution in [-0.2, 0) is 24.1 Å². The summed E-state index contributed by atoms with van der Waals surface area (Å²) < 4.78 is 5.96. The summed E-state index contributed by atoms with van der Waals surface area (Å²) >= 11 is 0. The lowest BCUT2D eigenvalue weighted by Crippen LogP contribution is -2.39. The maximum Gasteiger partial charge on any atom is 0.261 e. The molecule has 0 fully saturated rings. The van der Waals surface area contributed by atoms with Crippen molar-refractivity contribution in [1.29, 1.82) is 0 Å². The van der Waals surface area contributed by atoms with Crippen LogP contribution in [0.4, 0.5) is 0 Å². The van der Waals surface area contributed by atoms with Gasteiger partial charge < -0.3 is 10.1 Å². The first kappa shape index (κ1) is 17.1. The Kier molecular flexibility index (Phi) is 4.96. The Morgan fingerprint density at radius 1 is 1.00 bits per heavy atom. The fourth-order valence-electron chi connectivity index (χ4n) is 4.23. The molecule has 3 heteroatoms. The highest BCUT2D eigenvalue weighted by molar-refractivity contribution is 5.81. The van der Waals surface area contributed by atoms with Crippen LogP contribution in [0.5, 0.6) is 5.75 Å². The molecule has 4 rings (SSSR count). The minimum absolute atomic E-state index is 0.0376. The van der Waals surface area contributed by atoms with Crippen LogP contribution in [0.1, 0.15) is 60.9 Å². The van der Waals surface area contributed by atoms with Crippen LogP contribution >= 0.6 is 0 Å². The first-order chi connectivity index (χ1) is 12.7. The van der Waals surface area contributed by atoms with Crippen molar-refractivity contribution in [1.82, 2.24) is 5.32 Å². The quantitative estimate of drug-likeness (QED) is 0.881. The molecule has 2 aromatic carbocycles. The molecular formula is C23H27NO2. The van der Waals surface area contributed by atoms with E-state index in [0.717, 1.165) is 37.9 Å². The van der Waals surface area contributed by atoms with Crippen molar-refractivity contribution in [2.45, 2.75) is 64.0 Å². The zero-order valence-electron chi connectivity index (χ0n) is 15.5. The van der Waals surface area contributed by atoms with Crippen molar-refractivity contribution in [3.8, 4) is 5.75 Å². The standard InChI is InChI=1S/C23H27NO2/c1-16(26-20-14-13-17-7-2-3-9-19(17)15-20)23(25)24-22-12-6-10-18-8-4-5-11-21(18)22/h4-5,8,11,13-16,22H,2-3,6-7,9-10,12H2,1H3,(H,24,25)/t16-,22-/m1/s1. The van der Waals surface area contributed by atoms with E-state index >= 15 is 0 Å². The number of aryl methyl sites for hydroxylation is 3. The number of carbonyl (C=O) groups is 1. The molecular weight excluding hydrogens is 322 g/mol. The molecule has 0 aliphatic heterocycles. The maximum atomic E-state index is 12.7. The molecule has 0 spiro atoms. The Labute approximate surface area is 155 Å². The zero-order chi connectivity index (χ0) is 17.9. The summed E-state index contributed by atoms with van der Waals surface area (Å²) in [7, 11) is 0. The van der Waals surface area contributed by atoms with Crippen LogP contribution in [0.2, 0.25) is 0 Å². The van der Waals surface area contributed by atoms with Gasteiger partial charge in [0.1, 0.15) is 5.75 Å². The van der Waals surface area contributed by atoms with E-state index in [0.29, 0.717) is 0 Å². The number of rotatable bonds is 4. The molecule has 0 unspecified atom stereocenters. The predicted octanol–water partition coefficient (Wildman–Crippen LogP) is 4.53. The summed E-state index contributed by atoms with van der Waals surface area (Å²) in [6.45, 7) is 1.84. The molecule has 0 heterocycles. The van der Waals surface area contributed by atoms with E-state index in [9.17, 15) is 4.79 Å². The lowest BCUT2D eigenvalue weighted by atomic mass is 9.87. The number of nitrogens with one attached hydrogen (secondary N) is 1. The molecule has 3 nitrogen and oxygen atoms in total. The van der Waals surface area contributed by atoms with Gasteiger partial charge in [-0.2, -0.15) is 0 Å².